The second kappa shape index (κ2) is 5.66. The average molecular weight is 390 g/mol. The van der Waals surface area contributed by atoms with Crippen LogP contribution in [0.1, 0.15) is 11.3 Å². The molecular formula is C13H6F3IN2O. The molecule has 0 unspecified atom stereocenters. The monoisotopic (exact) mass is 390 g/mol. The smallest absolute Gasteiger partial charge is 0.433 e. The van der Waals surface area contributed by atoms with E-state index >= 15 is 0 Å². The number of hydrogen-bond acceptors (Lipinski definition) is 3. The van der Waals surface area contributed by atoms with E-state index in [-0.39, 0.29) is 11.4 Å². The number of benzene rings is 1. The predicted molar refractivity (Wildman–Crippen MR) is 73.2 cm³/mol. The lowest BCUT2D eigenvalue weighted by molar-refractivity contribution is -0.141. The van der Waals surface area contributed by atoms with Gasteiger partial charge in [0.25, 0.3) is 0 Å². The van der Waals surface area contributed by atoms with Crippen molar-refractivity contribution in [1.82, 2.24) is 4.98 Å². The minimum absolute atomic E-state index is 0.0577. The number of aromatic nitrogens is 1. The molecule has 0 atom stereocenters. The first-order chi connectivity index (χ1) is 9.41. The Kier molecular flexibility index (Phi) is 4.13. The van der Waals surface area contributed by atoms with E-state index in [4.69, 9.17) is 10.00 Å². The van der Waals surface area contributed by atoms with Crippen LogP contribution < -0.4 is 4.74 Å². The van der Waals surface area contributed by atoms with Crippen molar-refractivity contribution >= 4 is 22.6 Å². The Balaban J connectivity index is 2.45. The quantitative estimate of drug-likeness (QED) is 0.716. The summed E-state index contributed by atoms with van der Waals surface area (Å²) in [4.78, 5) is 3.38. The summed E-state index contributed by atoms with van der Waals surface area (Å²) in [5.74, 6) is -0.0112. The number of pyridine rings is 1. The molecule has 1 heterocycles. The van der Waals surface area contributed by atoms with Gasteiger partial charge < -0.3 is 4.74 Å². The zero-order valence-corrected chi connectivity index (χ0v) is 11.9. The molecule has 0 bridgehead atoms. The van der Waals surface area contributed by atoms with Gasteiger partial charge in [0.15, 0.2) is 0 Å². The molecule has 2 aromatic rings. The Morgan fingerprint density at radius 1 is 1.15 bits per heavy atom. The first kappa shape index (κ1) is 14.6. The minimum atomic E-state index is -4.59. The highest BCUT2D eigenvalue weighted by atomic mass is 127. The molecule has 0 amide bonds. The number of nitrogens with zero attached hydrogens (tertiary/aromatic N) is 2. The van der Waals surface area contributed by atoms with Gasteiger partial charge in [-0.15, -0.1) is 0 Å². The summed E-state index contributed by atoms with van der Waals surface area (Å²) < 4.78 is 43.9. The van der Waals surface area contributed by atoms with Crippen molar-refractivity contribution in [3.05, 3.63) is 51.2 Å². The second-order valence-corrected chi connectivity index (χ2v) is 4.85. The molecule has 7 heteroatoms. The third-order valence-electron chi connectivity index (χ3n) is 2.31. The molecular weight excluding hydrogens is 384 g/mol. The van der Waals surface area contributed by atoms with Gasteiger partial charge in [-0.1, -0.05) is 12.1 Å². The molecule has 3 nitrogen and oxygen atoms in total. The molecule has 0 aliphatic rings. The van der Waals surface area contributed by atoms with E-state index in [0.29, 0.717) is 9.32 Å². The van der Waals surface area contributed by atoms with Gasteiger partial charge >= 0.3 is 6.18 Å². The van der Waals surface area contributed by atoms with Crippen LogP contribution in [0.2, 0.25) is 0 Å². The summed E-state index contributed by atoms with van der Waals surface area (Å²) in [7, 11) is 0. The molecule has 0 aliphatic carbocycles. The number of halogens is 4. The average Bonchev–Trinajstić information content (AvgIpc) is 2.40. The van der Waals surface area contributed by atoms with Crippen molar-refractivity contribution in [2.24, 2.45) is 0 Å². The van der Waals surface area contributed by atoms with Crippen LogP contribution in [0, 0.1) is 14.9 Å². The van der Waals surface area contributed by atoms with Crippen molar-refractivity contribution in [2.75, 3.05) is 0 Å². The molecule has 2 rings (SSSR count). The molecule has 0 aliphatic heterocycles. The summed E-state index contributed by atoms with van der Waals surface area (Å²) in [6.07, 6.45) is -4.59. The van der Waals surface area contributed by atoms with Crippen molar-refractivity contribution in [2.45, 2.75) is 6.18 Å². The Morgan fingerprint density at radius 2 is 1.85 bits per heavy atom. The largest absolute Gasteiger partial charge is 0.437 e. The highest BCUT2D eigenvalue weighted by molar-refractivity contribution is 14.1. The lowest BCUT2D eigenvalue weighted by Crippen LogP contribution is -2.09. The molecule has 20 heavy (non-hydrogen) atoms. The van der Waals surface area contributed by atoms with E-state index in [1.165, 1.54) is 0 Å². The van der Waals surface area contributed by atoms with Gasteiger partial charge in [0.05, 0.1) is 3.57 Å². The molecule has 0 radical (unpaired) electrons. The fourth-order valence-electron chi connectivity index (χ4n) is 1.39. The first-order valence-electron chi connectivity index (χ1n) is 5.32. The van der Waals surface area contributed by atoms with Gasteiger partial charge in [0.2, 0.25) is 5.88 Å². The van der Waals surface area contributed by atoms with Crippen LogP contribution >= 0.6 is 22.6 Å². The summed E-state index contributed by atoms with van der Waals surface area (Å²) in [5, 5.41) is 8.91. The van der Waals surface area contributed by atoms with Crippen LogP contribution in [0.5, 0.6) is 11.6 Å². The van der Waals surface area contributed by atoms with Crippen LogP contribution in [-0.2, 0) is 6.18 Å². The van der Waals surface area contributed by atoms with E-state index in [1.807, 2.05) is 22.6 Å². The van der Waals surface area contributed by atoms with E-state index in [2.05, 4.69) is 4.98 Å². The van der Waals surface area contributed by atoms with Gasteiger partial charge in [-0.2, -0.15) is 18.4 Å². The van der Waals surface area contributed by atoms with Crippen LogP contribution in [0.15, 0.2) is 36.4 Å². The van der Waals surface area contributed by atoms with Gasteiger partial charge in [-0.25, -0.2) is 4.98 Å². The summed E-state index contributed by atoms with van der Waals surface area (Å²) in [6, 6.07) is 10.3. The lowest BCUT2D eigenvalue weighted by atomic mass is 10.2. The molecule has 0 saturated heterocycles. The van der Waals surface area contributed by atoms with E-state index in [0.717, 1.165) is 12.1 Å². The zero-order chi connectivity index (χ0) is 14.8. The van der Waals surface area contributed by atoms with Crippen LogP contribution in [-0.4, -0.2) is 4.98 Å². The Bertz CT molecular complexity index is 680. The fourth-order valence-corrected chi connectivity index (χ4v) is 1.89. The second-order valence-electron chi connectivity index (χ2n) is 3.69. The Labute approximate surface area is 126 Å². The number of hydrogen-bond donors (Lipinski definition) is 0. The van der Waals surface area contributed by atoms with Crippen LogP contribution in [0.3, 0.4) is 0 Å². The third kappa shape index (κ3) is 3.19. The number of ether oxygens (including phenoxy) is 1. The Hall–Kier alpha value is -1.82. The van der Waals surface area contributed by atoms with E-state index in [1.54, 1.807) is 30.3 Å². The molecule has 0 N–H and O–H groups in total. The Morgan fingerprint density at radius 3 is 2.45 bits per heavy atom. The topological polar surface area (TPSA) is 45.9 Å². The summed E-state index contributed by atoms with van der Waals surface area (Å²) in [6.45, 7) is 0. The third-order valence-corrected chi connectivity index (χ3v) is 3.21. The van der Waals surface area contributed by atoms with Crippen molar-refractivity contribution in [3.8, 4) is 17.7 Å². The SMILES string of the molecule is N#Cc1ccc(C(F)(F)F)nc1Oc1ccccc1I. The predicted octanol–water partition coefficient (Wildman–Crippen LogP) is 4.37. The number of rotatable bonds is 2. The van der Waals surface area contributed by atoms with E-state index < -0.39 is 11.9 Å². The summed E-state index contributed by atoms with van der Waals surface area (Å²) >= 11 is 1.98. The molecule has 0 fully saturated rings. The normalized spacial score (nSPS) is 10.9. The number of alkyl halides is 3. The van der Waals surface area contributed by atoms with Gasteiger partial charge in [-0.3, -0.25) is 0 Å². The highest BCUT2D eigenvalue weighted by Gasteiger charge is 2.33. The van der Waals surface area contributed by atoms with Crippen molar-refractivity contribution < 1.29 is 17.9 Å². The molecule has 0 saturated carbocycles. The zero-order valence-electron chi connectivity index (χ0n) is 9.78. The van der Waals surface area contributed by atoms with Crippen LogP contribution in [0.4, 0.5) is 13.2 Å². The molecule has 102 valence electrons. The lowest BCUT2D eigenvalue weighted by Gasteiger charge is -2.11. The van der Waals surface area contributed by atoms with Crippen molar-refractivity contribution in [3.63, 3.8) is 0 Å². The van der Waals surface area contributed by atoms with Crippen LogP contribution in [0.25, 0.3) is 0 Å². The molecule has 1 aromatic carbocycles. The number of nitriles is 1. The van der Waals surface area contributed by atoms with Gasteiger partial charge in [-0.05, 0) is 46.9 Å². The standard InChI is InChI=1S/C13H6F3IN2O/c14-13(15,16)11-6-5-8(7-18)12(19-11)20-10-4-2-1-3-9(10)17/h1-6H. The maximum Gasteiger partial charge on any atom is 0.433 e. The highest BCUT2D eigenvalue weighted by Crippen LogP contribution is 2.32. The van der Waals surface area contributed by atoms with Gasteiger partial charge in [0.1, 0.15) is 23.1 Å². The fraction of sp³-hybridized carbons (Fsp3) is 0.0769. The number of para-hydroxylation sites is 1. The molecule has 0 spiro atoms. The maximum absolute atomic E-state index is 12.6. The maximum atomic E-state index is 12.6. The summed E-state index contributed by atoms with van der Waals surface area (Å²) in [5.41, 5.74) is -1.16. The minimum Gasteiger partial charge on any atom is -0.437 e. The van der Waals surface area contributed by atoms with Crippen molar-refractivity contribution in [1.29, 1.82) is 5.26 Å². The molecule has 1 aromatic heterocycles. The van der Waals surface area contributed by atoms with Gasteiger partial charge in [0, 0.05) is 0 Å². The first-order valence-corrected chi connectivity index (χ1v) is 6.40. The van der Waals surface area contributed by atoms with E-state index in [9.17, 15) is 13.2 Å².